The van der Waals surface area contributed by atoms with Gasteiger partial charge in [0.1, 0.15) is 5.75 Å². The van der Waals surface area contributed by atoms with Gasteiger partial charge in [0, 0.05) is 11.6 Å². The third kappa shape index (κ3) is 1.73. The fourth-order valence-electron chi connectivity index (χ4n) is 3.85. The molecule has 0 N–H and O–H groups in total. The molecular formula is C16H25NO. The number of nitrogens with zero attached hydrogens (tertiary/aromatic N) is 1. The normalized spacial score (nSPS) is 19.0. The van der Waals surface area contributed by atoms with Crippen LogP contribution in [-0.4, -0.2) is 11.6 Å². The van der Waals surface area contributed by atoms with E-state index in [4.69, 9.17) is 4.74 Å². The van der Waals surface area contributed by atoms with Crippen LogP contribution in [-0.2, 0) is 5.41 Å². The molecule has 2 nitrogen and oxygen atoms in total. The van der Waals surface area contributed by atoms with Gasteiger partial charge in [0.15, 0.2) is 0 Å². The molecule has 0 bridgehead atoms. The lowest BCUT2D eigenvalue weighted by Gasteiger charge is -2.55. The van der Waals surface area contributed by atoms with Crippen LogP contribution >= 0.6 is 0 Å². The zero-order valence-electron chi connectivity index (χ0n) is 12.5. The first-order chi connectivity index (χ1) is 8.20. The zero-order chi connectivity index (χ0) is 13.6. The van der Waals surface area contributed by atoms with E-state index >= 15 is 0 Å². The standard InChI is InChI=1S/C16H25NO/c1-14(2,3)16(15(4,5)6)9-11-18-12-8-7-10-17-13(12)16/h7-8,10H,9,11H2,1-6H3. The van der Waals surface area contributed by atoms with E-state index in [1.54, 1.807) is 0 Å². The summed E-state index contributed by atoms with van der Waals surface area (Å²) in [4.78, 5) is 4.68. The summed E-state index contributed by atoms with van der Waals surface area (Å²) in [5.74, 6) is 0.966. The average molecular weight is 247 g/mol. The summed E-state index contributed by atoms with van der Waals surface area (Å²) < 4.78 is 5.81. The van der Waals surface area contributed by atoms with Crippen molar-refractivity contribution in [1.82, 2.24) is 4.98 Å². The Kier molecular flexibility index (Phi) is 2.95. The molecular weight excluding hydrogens is 222 g/mol. The lowest BCUT2D eigenvalue weighted by molar-refractivity contribution is 0.00778. The van der Waals surface area contributed by atoms with Crippen molar-refractivity contribution in [3.8, 4) is 5.75 Å². The summed E-state index contributed by atoms with van der Waals surface area (Å²) in [6, 6.07) is 4.01. The summed E-state index contributed by atoms with van der Waals surface area (Å²) >= 11 is 0. The van der Waals surface area contributed by atoms with Gasteiger partial charge >= 0.3 is 0 Å². The molecule has 0 saturated carbocycles. The Balaban J connectivity index is 2.72. The van der Waals surface area contributed by atoms with Gasteiger partial charge in [-0.2, -0.15) is 0 Å². The molecule has 100 valence electrons. The molecule has 1 aliphatic rings. The highest BCUT2D eigenvalue weighted by Gasteiger charge is 2.55. The Hall–Kier alpha value is -1.05. The van der Waals surface area contributed by atoms with Crippen molar-refractivity contribution in [3.63, 3.8) is 0 Å². The molecule has 0 aromatic carbocycles. The van der Waals surface area contributed by atoms with E-state index in [9.17, 15) is 0 Å². The quantitative estimate of drug-likeness (QED) is 0.685. The Morgan fingerprint density at radius 3 is 2.28 bits per heavy atom. The van der Waals surface area contributed by atoms with Crippen LogP contribution in [0.5, 0.6) is 5.75 Å². The maximum absolute atomic E-state index is 5.81. The predicted octanol–water partition coefficient (Wildman–Crippen LogP) is 4.19. The van der Waals surface area contributed by atoms with E-state index in [0.717, 1.165) is 24.5 Å². The fraction of sp³-hybridized carbons (Fsp3) is 0.688. The first-order valence-corrected chi connectivity index (χ1v) is 6.78. The summed E-state index contributed by atoms with van der Waals surface area (Å²) in [5, 5.41) is 0. The van der Waals surface area contributed by atoms with Crippen LogP contribution in [0, 0.1) is 10.8 Å². The number of hydrogen-bond donors (Lipinski definition) is 0. The molecule has 2 rings (SSSR count). The van der Waals surface area contributed by atoms with Crippen LogP contribution in [0.15, 0.2) is 18.3 Å². The Labute approximate surface area is 111 Å². The Morgan fingerprint density at radius 1 is 1.11 bits per heavy atom. The smallest absolute Gasteiger partial charge is 0.141 e. The Bertz CT molecular complexity index is 423. The van der Waals surface area contributed by atoms with E-state index in [1.165, 1.54) is 0 Å². The van der Waals surface area contributed by atoms with Gasteiger partial charge in [-0.15, -0.1) is 0 Å². The zero-order valence-corrected chi connectivity index (χ0v) is 12.5. The van der Waals surface area contributed by atoms with Gasteiger partial charge < -0.3 is 4.74 Å². The topological polar surface area (TPSA) is 22.1 Å². The van der Waals surface area contributed by atoms with Crippen molar-refractivity contribution >= 4 is 0 Å². The molecule has 1 aromatic rings. The SMILES string of the molecule is CC(C)(C)C1(C(C)(C)C)CCOc2cccnc21. The van der Waals surface area contributed by atoms with Crippen LogP contribution in [0.1, 0.15) is 53.7 Å². The Morgan fingerprint density at radius 2 is 1.72 bits per heavy atom. The molecule has 0 spiro atoms. The van der Waals surface area contributed by atoms with Crippen LogP contribution in [0.2, 0.25) is 0 Å². The van der Waals surface area contributed by atoms with Crippen LogP contribution in [0.4, 0.5) is 0 Å². The van der Waals surface area contributed by atoms with Crippen molar-refractivity contribution < 1.29 is 4.74 Å². The summed E-state index contributed by atoms with van der Waals surface area (Å²) in [7, 11) is 0. The van der Waals surface area contributed by atoms with Crippen molar-refractivity contribution in [1.29, 1.82) is 0 Å². The van der Waals surface area contributed by atoms with Gasteiger partial charge in [-0.25, -0.2) is 0 Å². The van der Waals surface area contributed by atoms with Gasteiger partial charge in [-0.05, 0) is 29.4 Å². The molecule has 18 heavy (non-hydrogen) atoms. The maximum Gasteiger partial charge on any atom is 0.141 e. The second-order valence-electron chi connectivity index (χ2n) is 7.35. The molecule has 2 heterocycles. The third-order valence-corrected chi connectivity index (χ3v) is 4.47. The molecule has 1 aliphatic heterocycles. The minimum absolute atomic E-state index is 0.0504. The number of rotatable bonds is 0. The number of ether oxygens (including phenoxy) is 1. The largest absolute Gasteiger partial charge is 0.492 e. The summed E-state index contributed by atoms with van der Waals surface area (Å²) in [5.41, 5.74) is 1.49. The van der Waals surface area contributed by atoms with Crippen molar-refractivity contribution in [3.05, 3.63) is 24.0 Å². The van der Waals surface area contributed by atoms with Gasteiger partial charge in [-0.1, -0.05) is 41.5 Å². The van der Waals surface area contributed by atoms with Gasteiger partial charge in [0.2, 0.25) is 0 Å². The van der Waals surface area contributed by atoms with Gasteiger partial charge in [0.05, 0.1) is 12.3 Å². The minimum Gasteiger partial charge on any atom is -0.492 e. The van der Waals surface area contributed by atoms with Gasteiger partial charge in [0.25, 0.3) is 0 Å². The van der Waals surface area contributed by atoms with E-state index in [-0.39, 0.29) is 16.2 Å². The van der Waals surface area contributed by atoms with Gasteiger partial charge in [-0.3, -0.25) is 4.98 Å². The number of aromatic nitrogens is 1. The highest BCUT2D eigenvalue weighted by atomic mass is 16.5. The van der Waals surface area contributed by atoms with E-state index in [1.807, 2.05) is 18.3 Å². The second kappa shape index (κ2) is 3.97. The van der Waals surface area contributed by atoms with Crippen molar-refractivity contribution in [2.24, 2.45) is 10.8 Å². The van der Waals surface area contributed by atoms with Crippen LogP contribution in [0.3, 0.4) is 0 Å². The molecule has 0 fully saturated rings. The molecule has 0 unspecified atom stereocenters. The average Bonchev–Trinajstić information content (AvgIpc) is 2.25. The third-order valence-electron chi connectivity index (χ3n) is 4.47. The van der Waals surface area contributed by atoms with Crippen molar-refractivity contribution in [2.75, 3.05) is 6.61 Å². The van der Waals surface area contributed by atoms with Crippen LogP contribution in [0.25, 0.3) is 0 Å². The minimum atomic E-state index is 0.0504. The molecule has 0 amide bonds. The molecule has 0 saturated heterocycles. The second-order valence-corrected chi connectivity index (χ2v) is 7.35. The molecule has 1 aromatic heterocycles. The van der Waals surface area contributed by atoms with Crippen LogP contribution < -0.4 is 4.74 Å². The summed E-state index contributed by atoms with van der Waals surface area (Å²) in [6.45, 7) is 14.7. The lowest BCUT2D eigenvalue weighted by Crippen LogP contribution is -2.53. The molecule has 0 radical (unpaired) electrons. The first kappa shape index (κ1) is 13.4. The molecule has 0 atom stereocenters. The highest BCUT2D eigenvalue weighted by molar-refractivity contribution is 5.39. The monoisotopic (exact) mass is 247 g/mol. The van der Waals surface area contributed by atoms with E-state index < -0.39 is 0 Å². The predicted molar refractivity (Wildman–Crippen MR) is 74.9 cm³/mol. The fourth-order valence-corrected chi connectivity index (χ4v) is 3.85. The number of fused-ring (bicyclic) bond motifs is 1. The lowest BCUT2D eigenvalue weighted by atomic mass is 9.50. The van der Waals surface area contributed by atoms with E-state index in [2.05, 4.69) is 46.5 Å². The highest BCUT2D eigenvalue weighted by Crippen LogP contribution is 2.58. The molecule has 2 heteroatoms. The number of hydrogen-bond acceptors (Lipinski definition) is 2. The maximum atomic E-state index is 5.81. The first-order valence-electron chi connectivity index (χ1n) is 6.78. The summed E-state index contributed by atoms with van der Waals surface area (Å²) in [6.07, 6.45) is 2.92. The number of pyridine rings is 1. The van der Waals surface area contributed by atoms with Crippen molar-refractivity contribution in [2.45, 2.75) is 53.4 Å². The molecule has 0 aliphatic carbocycles. The van der Waals surface area contributed by atoms with E-state index in [0.29, 0.717) is 0 Å².